The molecule has 0 unspecified atom stereocenters. The standard InChI is InChI=1S/C8H11O2.3C4H9.Sn/c1-10-8(9)7-5-3-2-4-6-7;3*1-3-4-2;/h2-4,7H,5-6H2,1H3;3*1,3-4H2,2H3;. The molecule has 2 atom stereocenters. The third-order valence-corrected chi connectivity index (χ3v) is 23.0. The average molecular weight is 429 g/mol. The van der Waals surface area contributed by atoms with Gasteiger partial charge in [0.2, 0.25) is 0 Å². The number of ether oxygens (including phenoxy) is 1. The Morgan fingerprint density at radius 2 is 1.57 bits per heavy atom. The van der Waals surface area contributed by atoms with Crippen LogP contribution in [0.2, 0.25) is 17.2 Å². The van der Waals surface area contributed by atoms with Gasteiger partial charge in [0, 0.05) is 0 Å². The molecule has 0 fully saturated rings. The molecule has 0 saturated carbocycles. The van der Waals surface area contributed by atoms with Crippen molar-refractivity contribution in [3.8, 4) is 0 Å². The number of carbonyl (C=O) groups is 1. The molecular formula is C20H38O2Sn. The van der Waals surface area contributed by atoms with E-state index in [1.165, 1.54) is 58.9 Å². The SMILES string of the molecule is CCC[CH2][Sn]([CH2]CCC)([CH2]CCC)[C@@H]1C=CC[C@@H](C(=O)OC)C1. The van der Waals surface area contributed by atoms with E-state index in [0.717, 1.165) is 16.8 Å². The van der Waals surface area contributed by atoms with Crippen molar-refractivity contribution in [1.82, 2.24) is 0 Å². The van der Waals surface area contributed by atoms with Crippen LogP contribution in [0, 0.1) is 5.92 Å². The Morgan fingerprint density at radius 1 is 1.04 bits per heavy atom. The van der Waals surface area contributed by atoms with Crippen LogP contribution in [0.5, 0.6) is 0 Å². The van der Waals surface area contributed by atoms with Crippen LogP contribution in [-0.2, 0) is 9.53 Å². The van der Waals surface area contributed by atoms with Gasteiger partial charge in [-0.15, -0.1) is 0 Å². The summed E-state index contributed by atoms with van der Waals surface area (Å²) in [4.78, 5) is 12.0. The maximum atomic E-state index is 12.0. The van der Waals surface area contributed by atoms with Gasteiger partial charge >= 0.3 is 148 Å². The van der Waals surface area contributed by atoms with Crippen LogP contribution in [-0.4, -0.2) is 31.5 Å². The number of methoxy groups -OCH3 is 1. The second-order valence-corrected chi connectivity index (χ2v) is 21.6. The van der Waals surface area contributed by atoms with Crippen molar-refractivity contribution >= 4 is 24.3 Å². The predicted octanol–water partition coefficient (Wildman–Crippen LogP) is 6.34. The topological polar surface area (TPSA) is 26.3 Å². The van der Waals surface area contributed by atoms with E-state index >= 15 is 0 Å². The van der Waals surface area contributed by atoms with Gasteiger partial charge in [-0.2, -0.15) is 0 Å². The fourth-order valence-electron chi connectivity index (χ4n) is 4.22. The summed E-state index contributed by atoms with van der Waals surface area (Å²) in [5, 5.41) is 0. The van der Waals surface area contributed by atoms with Crippen LogP contribution in [0.1, 0.15) is 72.1 Å². The van der Waals surface area contributed by atoms with E-state index in [2.05, 4.69) is 32.9 Å². The van der Waals surface area contributed by atoms with Gasteiger partial charge in [-0.05, 0) is 0 Å². The Kier molecular flexibility index (Phi) is 10.6. The fourth-order valence-corrected chi connectivity index (χ4v) is 22.4. The van der Waals surface area contributed by atoms with E-state index in [-0.39, 0.29) is 11.9 Å². The van der Waals surface area contributed by atoms with Crippen LogP contribution in [0.15, 0.2) is 12.2 Å². The molecule has 0 amide bonds. The normalized spacial score (nSPS) is 21.4. The van der Waals surface area contributed by atoms with Crippen molar-refractivity contribution in [3.05, 3.63) is 12.2 Å². The Labute approximate surface area is 148 Å². The number of hydrogen-bond donors (Lipinski definition) is 0. The van der Waals surface area contributed by atoms with E-state index in [1.807, 2.05) is 0 Å². The minimum atomic E-state index is -2.25. The first-order valence-corrected chi connectivity index (χ1v) is 17.6. The summed E-state index contributed by atoms with van der Waals surface area (Å²) in [6.07, 6.45) is 14.9. The first-order valence-electron chi connectivity index (χ1n) is 9.88. The van der Waals surface area contributed by atoms with Gasteiger partial charge in [-0.1, -0.05) is 0 Å². The van der Waals surface area contributed by atoms with Crippen molar-refractivity contribution in [3.63, 3.8) is 0 Å². The second kappa shape index (κ2) is 11.5. The number of rotatable bonds is 11. The van der Waals surface area contributed by atoms with Crippen molar-refractivity contribution in [2.45, 2.75) is 89.4 Å². The third kappa shape index (κ3) is 6.43. The molecule has 0 saturated heterocycles. The van der Waals surface area contributed by atoms with E-state index in [0.29, 0.717) is 0 Å². The summed E-state index contributed by atoms with van der Waals surface area (Å²) in [7, 11) is 1.54. The summed E-state index contributed by atoms with van der Waals surface area (Å²) < 4.78 is 10.4. The Balaban J connectivity index is 2.95. The molecule has 0 heterocycles. The van der Waals surface area contributed by atoms with Gasteiger partial charge in [-0.25, -0.2) is 0 Å². The molecule has 0 aromatic heterocycles. The molecule has 0 radical (unpaired) electrons. The van der Waals surface area contributed by atoms with Gasteiger partial charge < -0.3 is 0 Å². The summed E-state index contributed by atoms with van der Waals surface area (Å²) in [5.74, 6) is 0.136. The zero-order valence-electron chi connectivity index (χ0n) is 15.9. The monoisotopic (exact) mass is 430 g/mol. The van der Waals surface area contributed by atoms with Gasteiger partial charge in [0.15, 0.2) is 0 Å². The molecule has 0 bridgehead atoms. The predicted molar refractivity (Wildman–Crippen MR) is 103 cm³/mol. The van der Waals surface area contributed by atoms with Gasteiger partial charge in [0.1, 0.15) is 0 Å². The third-order valence-electron chi connectivity index (χ3n) is 5.73. The number of unbranched alkanes of at least 4 members (excludes halogenated alkanes) is 3. The van der Waals surface area contributed by atoms with Crippen LogP contribution in [0.25, 0.3) is 0 Å². The molecule has 0 aliphatic heterocycles. The maximum absolute atomic E-state index is 12.0. The molecule has 1 aliphatic rings. The Bertz CT molecular complexity index is 343. The number of hydrogen-bond acceptors (Lipinski definition) is 2. The van der Waals surface area contributed by atoms with Crippen LogP contribution in [0.4, 0.5) is 0 Å². The van der Waals surface area contributed by atoms with Gasteiger partial charge in [0.05, 0.1) is 0 Å². The molecule has 0 N–H and O–H groups in total. The summed E-state index contributed by atoms with van der Waals surface area (Å²) in [6.45, 7) is 6.97. The summed E-state index contributed by atoms with van der Waals surface area (Å²) >= 11 is -2.25. The molecule has 23 heavy (non-hydrogen) atoms. The van der Waals surface area contributed by atoms with Crippen LogP contribution < -0.4 is 0 Å². The molecule has 134 valence electrons. The minimum absolute atomic E-state index is 0.0148. The zero-order chi connectivity index (χ0) is 17.1. The molecule has 1 aliphatic carbocycles. The second-order valence-electron chi connectivity index (χ2n) is 7.40. The van der Waals surface area contributed by atoms with E-state index in [4.69, 9.17) is 4.74 Å². The van der Waals surface area contributed by atoms with Crippen LogP contribution >= 0.6 is 0 Å². The fraction of sp³-hybridized carbons (Fsp3) is 0.850. The van der Waals surface area contributed by atoms with Crippen molar-refractivity contribution in [2.24, 2.45) is 5.92 Å². The first-order chi connectivity index (χ1) is 11.1. The number of esters is 1. The van der Waals surface area contributed by atoms with Crippen molar-refractivity contribution in [2.75, 3.05) is 7.11 Å². The molecule has 0 aromatic rings. The quantitative estimate of drug-likeness (QED) is 0.218. The Morgan fingerprint density at radius 3 is 2.00 bits per heavy atom. The first kappa shape index (κ1) is 21.1. The zero-order valence-corrected chi connectivity index (χ0v) is 18.8. The van der Waals surface area contributed by atoms with Crippen LogP contribution in [0.3, 0.4) is 0 Å². The van der Waals surface area contributed by atoms with E-state index < -0.39 is 18.4 Å². The molecule has 0 spiro atoms. The average Bonchev–Trinajstić information content (AvgIpc) is 2.61. The summed E-state index contributed by atoms with van der Waals surface area (Å²) in [5.41, 5.74) is 0. The summed E-state index contributed by atoms with van der Waals surface area (Å²) in [6, 6.07) is 0. The molecular weight excluding hydrogens is 391 g/mol. The molecule has 3 heteroatoms. The van der Waals surface area contributed by atoms with Gasteiger partial charge in [0.25, 0.3) is 0 Å². The Hall–Kier alpha value is 0.00870. The van der Waals surface area contributed by atoms with Crippen molar-refractivity contribution < 1.29 is 9.53 Å². The number of allylic oxidation sites excluding steroid dienone is 2. The van der Waals surface area contributed by atoms with E-state index in [1.54, 1.807) is 0 Å². The molecule has 0 aromatic carbocycles. The van der Waals surface area contributed by atoms with Gasteiger partial charge in [-0.3, -0.25) is 0 Å². The molecule has 1 rings (SSSR count). The molecule has 2 nitrogen and oxygen atoms in total. The number of carbonyl (C=O) groups excluding carboxylic acids is 1. The van der Waals surface area contributed by atoms with E-state index in [9.17, 15) is 4.79 Å². The van der Waals surface area contributed by atoms with Crippen molar-refractivity contribution in [1.29, 1.82) is 0 Å².